The predicted molar refractivity (Wildman–Crippen MR) is 65.4 cm³/mol. The second-order valence-electron chi connectivity index (χ2n) is 4.87. The van der Waals surface area contributed by atoms with Gasteiger partial charge in [-0.25, -0.2) is 4.98 Å². The lowest BCUT2D eigenvalue weighted by atomic mass is 9.89. The van der Waals surface area contributed by atoms with Crippen LogP contribution >= 0.6 is 12.4 Å². The molecule has 0 radical (unpaired) electrons. The summed E-state index contributed by atoms with van der Waals surface area (Å²) in [6.45, 7) is 2.90. The minimum atomic E-state index is -4.43. The number of hydrogen-bond acceptors (Lipinski definition) is 3. The van der Waals surface area contributed by atoms with E-state index in [-0.39, 0.29) is 30.4 Å². The molecule has 0 bridgehead atoms. The smallest absolute Gasteiger partial charge is 0.433 e. The van der Waals surface area contributed by atoms with Gasteiger partial charge in [0.1, 0.15) is 11.8 Å². The van der Waals surface area contributed by atoms with Crippen molar-refractivity contribution in [2.45, 2.75) is 31.7 Å². The summed E-state index contributed by atoms with van der Waals surface area (Å²) in [6, 6.07) is 2.46. The summed E-state index contributed by atoms with van der Waals surface area (Å²) in [7, 11) is 0. The van der Waals surface area contributed by atoms with Crippen LogP contribution in [0, 0.1) is 5.92 Å². The van der Waals surface area contributed by atoms with E-state index in [1.54, 1.807) is 0 Å². The minimum absolute atomic E-state index is 0. The number of pyridine rings is 1. The molecule has 19 heavy (non-hydrogen) atoms. The van der Waals surface area contributed by atoms with Crippen LogP contribution in [0.5, 0.6) is 5.88 Å². The molecule has 106 valence electrons. The van der Waals surface area contributed by atoms with Crippen LogP contribution in [0.1, 0.15) is 30.6 Å². The second kappa shape index (κ2) is 4.83. The number of nitrogens with zero attached hydrogens (tertiary/aromatic N) is 1. The van der Waals surface area contributed by atoms with E-state index in [1.165, 1.54) is 6.07 Å². The van der Waals surface area contributed by atoms with Crippen molar-refractivity contribution in [1.29, 1.82) is 0 Å². The van der Waals surface area contributed by atoms with E-state index in [0.29, 0.717) is 5.92 Å². The SMILES string of the molecule is C[C@@H]1CCN[C@@H]2c3ccc(C(F)(F)F)nc3O[C@H]12.Cl. The summed E-state index contributed by atoms with van der Waals surface area (Å²) in [5.41, 5.74) is -0.160. The zero-order valence-electron chi connectivity index (χ0n) is 10.2. The van der Waals surface area contributed by atoms with Crippen molar-refractivity contribution in [3.63, 3.8) is 0 Å². The Balaban J connectivity index is 0.00000133. The molecule has 3 nitrogen and oxygen atoms in total. The average Bonchev–Trinajstić information content (AvgIpc) is 2.67. The predicted octanol–water partition coefficient (Wildman–Crippen LogP) is 2.95. The zero-order chi connectivity index (χ0) is 12.9. The largest absolute Gasteiger partial charge is 0.472 e. The van der Waals surface area contributed by atoms with Crippen LogP contribution in [0.25, 0.3) is 0 Å². The van der Waals surface area contributed by atoms with Crippen molar-refractivity contribution in [3.8, 4) is 5.88 Å². The van der Waals surface area contributed by atoms with E-state index in [2.05, 4.69) is 17.2 Å². The van der Waals surface area contributed by atoms with Gasteiger partial charge >= 0.3 is 6.18 Å². The summed E-state index contributed by atoms with van der Waals surface area (Å²) in [6.07, 6.45) is -3.57. The number of nitrogens with one attached hydrogen (secondary N) is 1. The van der Waals surface area contributed by atoms with Gasteiger partial charge in [0.15, 0.2) is 0 Å². The van der Waals surface area contributed by atoms with Gasteiger partial charge in [-0.1, -0.05) is 6.92 Å². The first-order chi connectivity index (χ1) is 8.47. The maximum atomic E-state index is 12.6. The standard InChI is InChI=1S/C12H13F3N2O.ClH/c1-6-4-5-16-9-7-2-3-8(12(13,14)15)17-11(7)18-10(6)9;/h2-3,6,9-10,16H,4-5H2,1H3;1H/t6-,9-,10-;/m1./s1. The molecule has 0 aromatic carbocycles. The Bertz CT molecular complexity index is 481. The van der Waals surface area contributed by atoms with Gasteiger partial charge in [0.05, 0.1) is 6.04 Å². The van der Waals surface area contributed by atoms with Gasteiger partial charge in [0.2, 0.25) is 5.88 Å². The van der Waals surface area contributed by atoms with Gasteiger partial charge < -0.3 is 10.1 Å². The van der Waals surface area contributed by atoms with Gasteiger partial charge in [-0.2, -0.15) is 13.2 Å². The summed E-state index contributed by atoms with van der Waals surface area (Å²) in [5, 5.41) is 3.28. The van der Waals surface area contributed by atoms with E-state index >= 15 is 0 Å². The molecule has 1 aromatic heterocycles. The van der Waals surface area contributed by atoms with E-state index in [1.807, 2.05) is 0 Å². The molecular weight excluding hydrogens is 281 g/mol. The molecule has 3 heterocycles. The van der Waals surface area contributed by atoms with Crippen LogP contribution in [0.3, 0.4) is 0 Å². The molecule has 3 atom stereocenters. The number of halogens is 4. The molecule has 3 rings (SSSR count). The number of hydrogen-bond donors (Lipinski definition) is 1. The molecule has 7 heteroatoms. The number of aromatic nitrogens is 1. The first-order valence-corrected chi connectivity index (χ1v) is 5.95. The monoisotopic (exact) mass is 294 g/mol. The van der Waals surface area contributed by atoms with Crippen molar-refractivity contribution in [3.05, 3.63) is 23.4 Å². The molecule has 0 saturated carbocycles. The van der Waals surface area contributed by atoms with Crippen LogP contribution in [0.15, 0.2) is 12.1 Å². The summed E-state index contributed by atoms with van der Waals surface area (Å²) >= 11 is 0. The van der Waals surface area contributed by atoms with Crippen molar-refractivity contribution < 1.29 is 17.9 Å². The van der Waals surface area contributed by atoms with Crippen molar-refractivity contribution in [2.24, 2.45) is 5.92 Å². The molecule has 0 spiro atoms. The number of fused-ring (bicyclic) bond motifs is 3. The molecule has 1 fully saturated rings. The molecule has 0 amide bonds. The third-order valence-corrected chi connectivity index (χ3v) is 3.62. The van der Waals surface area contributed by atoms with Gasteiger partial charge in [0, 0.05) is 5.56 Å². The summed E-state index contributed by atoms with van der Waals surface area (Å²) < 4.78 is 43.3. The second-order valence-corrected chi connectivity index (χ2v) is 4.87. The molecule has 1 saturated heterocycles. The molecular formula is C12H14ClF3N2O. The van der Waals surface area contributed by atoms with Crippen LogP contribution in [-0.4, -0.2) is 17.6 Å². The molecule has 1 aromatic rings. The highest BCUT2D eigenvalue weighted by Gasteiger charge is 2.42. The number of piperidine rings is 1. The average molecular weight is 295 g/mol. The van der Waals surface area contributed by atoms with Crippen LogP contribution in [0.2, 0.25) is 0 Å². The fourth-order valence-electron chi connectivity index (χ4n) is 2.62. The first-order valence-electron chi connectivity index (χ1n) is 5.95. The number of ether oxygens (including phenoxy) is 1. The van der Waals surface area contributed by atoms with Crippen molar-refractivity contribution >= 4 is 12.4 Å². The van der Waals surface area contributed by atoms with E-state index in [9.17, 15) is 13.2 Å². The van der Waals surface area contributed by atoms with Crippen LogP contribution in [-0.2, 0) is 6.18 Å². The molecule has 1 N–H and O–H groups in total. The molecule has 2 aliphatic rings. The van der Waals surface area contributed by atoms with E-state index in [0.717, 1.165) is 24.6 Å². The van der Waals surface area contributed by atoms with Gasteiger partial charge in [0.25, 0.3) is 0 Å². The minimum Gasteiger partial charge on any atom is -0.472 e. The maximum absolute atomic E-state index is 12.6. The molecule has 0 aliphatic carbocycles. The lowest BCUT2D eigenvalue weighted by Crippen LogP contribution is -2.42. The Morgan fingerprint density at radius 1 is 1.37 bits per heavy atom. The zero-order valence-corrected chi connectivity index (χ0v) is 11.0. The highest BCUT2D eigenvalue weighted by atomic mass is 35.5. The molecule has 0 unspecified atom stereocenters. The fourth-order valence-corrected chi connectivity index (χ4v) is 2.62. The Morgan fingerprint density at radius 3 is 2.79 bits per heavy atom. The van der Waals surface area contributed by atoms with Crippen LogP contribution < -0.4 is 10.1 Å². The van der Waals surface area contributed by atoms with E-state index < -0.39 is 11.9 Å². The Morgan fingerprint density at radius 2 is 2.11 bits per heavy atom. The molecule has 2 aliphatic heterocycles. The number of rotatable bonds is 0. The van der Waals surface area contributed by atoms with Gasteiger partial charge in [-0.05, 0) is 31.0 Å². The van der Waals surface area contributed by atoms with Crippen molar-refractivity contribution in [2.75, 3.05) is 6.54 Å². The van der Waals surface area contributed by atoms with Crippen molar-refractivity contribution in [1.82, 2.24) is 10.3 Å². The topological polar surface area (TPSA) is 34.2 Å². The Hall–Kier alpha value is -1.01. The highest BCUT2D eigenvalue weighted by Crippen LogP contribution is 2.42. The third kappa shape index (κ3) is 2.39. The lowest BCUT2D eigenvalue weighted by Gasteiger charge is -2.30. The third-order valence-electron chi connectivity index (χ3n) is 3.62. The summed E-state index contributed by atoms with van der Waals surface area (Å²) in [5.74, 6) is 0.445. The number of alkyl halides is 3. The van der Waals surface area contributed by atoms with Gasteiger partial charge in [-0.3, -0.25) is 0 Å². The Kier molecular flexibility index (Phi) is 3.66. The normalized spacial score (nSPS) is 28.9. The highest BCUT2D eigenvalue weighted by molar-refractivity contribution is 5.85. The quantitative estimate of drug-likeness (QED) is 0.799. The van der Waals surface area contributed by atoms with Gasteiger partial charge in [-0.15, -0.1) is 12.4 Å². The lowest BCUT2D eigenvalue weighted by molar-refractivity contribution is -0.141. The maximum Gasteiger partial charge on any atom is 0.433 e. The summed E-state index contributed by atoms with van der Waals surface area (Å²) in [4.78, 5) is 3.60. The van der Waals surface area contributed by atoms with E-state index in [4.69, 9.17) is 4.74 Å². The first kappa shape index (κ1) is 14.4. The van der Waals surface area contributed by atoms with Crippen LogP contribution in [0.4, 0.5) is 13.2 Å². The fraction of sp³-hybridized carbons (Fsp3) is 0.583. The Labute approximate surface area is 115 Å².